The largest absolute Gasteiger partial charge is 0.465 e. The average Bonchev–Trinajstić information content (AvgIpc) is 2.20. The minimum absolute atomic E-state index is 0.368. The van der Waals surface area contributed by atoms with Gasteiger partial charge in [0.25, 0.3) is 0 Å². The van der Waals surface area contributed by atoms with Crippen LogP contribution in [0.15, 0.2) is 28.7 Å². The first-order valence-electron chi connectivity index (χ1n) is 4.17. The van der Waals surface area contributed by atoms with Crippen molar-refractivity contribution in [3.63, 3.8) is 0 Å². The Morgan fingerprint density at radius 1 is 1.47 bits per heavy atom. The highest BCUT2D eigenvalue weighted by Gasteiger charge is 2.40. The van der Waals surface area contributed by atoms with E-state index >= 15 is 0 Å². The summed E-state index contributed by atoms with van der Waals surface area (Å²) in [7, 11) is 0.941. The number of benzene rings is 1. The second-order valence-electron chi connectivity index (χ2n) is 2.96. The molecule has 0 bridgehead atoms. The molecule has 0 aliphatic carbocycles. The third-order valence-corrected chi connectivity index (χ3v) is 2.63. The number of halogens is 3. The lowest BCUT2D eigenvalue weighted by Gasteiger charge is -2.14. The van der Waals surface area contributed by atoms with Gasteiger partial charge in [0.1, 0.15) is 0 Å². The van der Waals surface area contributed by atoms with E-state index in [9.17, 15) is 13.6 Å². The maximum Gasteiger partial charge on any atom is 0.377 e. The molecule has 82 valence electrons. The molecule has 0 aromatic heterocycles. The maximum absolute atomic E-state index is 13.2. The van der Waals surface area contributed by atoms with Crippen molar-refractivity contribution in [3.8, 4) is 0 Å². The minimum atomic E-state index is -3.49. The molecule has 0 N–H and O–H groups in total. The molecule has 0 aliphatic heterocycles. The van der Waals surface area contributed by atoms with E-state index in [1.54, 1.807) is 18.2 Å². The topological polar surface area (TPSA) is 26.3 Å². The standard InChI is InChI=1S/C10H9BrF2O2/c1-15-9(14)10(12,13)6-7-4-2-3-5-8(7)11/h2-5H,6H2,1H3. The number of hydrogen-bond donors (Lipinski definition) is 0. The van der Waals surface area contributed by atoms with E-state index in [1.807, 2.05) is 0 Å². The third kappa shape index (κ3) is 2.99. The second kappa shape index (κ2) is 4.70. The van der Waals surface area contributed by atoms with Crippen LogP contribution in [0.2, 0.25) is 0 Å². The maximum atomic E-state index is 13.2. The van der Waals surface area contributed by atoms with Gasteiger partial charge < -0.3 is 4.74 Å². The van der Waals surface area contributed by atoms with E-state index in [0.717, 1.165) is 7.11 Å². The van der Waals surface area contributed by atoms with Gasteiger partial charge in [-0.3, -0.25) is 0 Å². The van der Waals surface area contributed by atoms with E-state index < -0.39 is 18.3 Å². The minimum Gasteiger partial charge on any atom is -0.465 e. The number of carbonyl (C=O) groups excluding carboxylic acids is 1. The Bertz CT molecular complexity index is 366. The molecule has 1 rings (SSSR count). The molecule has 0 atom stereocenters. The number of rotatable bonds is 3. The molecule has 0 saturated heterocycles. The first kappa shape index (κ1) is 12.1. The molecule has 0 amide bonds. The first-order chi connectivity index (χ1) is 6.97. The Kier molecular flexibility index (Phi) is 3.79. The van der Waals surface area contributed by atoms with Crippen LogP contribution < -0.4 is 0 Å². The first-order valence-corrected chi connectivity index (χ1v) is 4.96. The Morgan fingerprint density at radius 2 is 2.07 bits per heavy atom. The van der Waals surface area contributed by atoms with Gasteiger partial charge in [-0.2, -0.15) is 8.78 Å². The molecule has 5 heteroatoms. The van der Waals surface area contributed by atoms with Crippen molar-refractivity contribution in [2.24, 2.45) is 0 Å². The highest BCUT2D eigenvalue weighted by Crippen LogP contribution is 2.26. The van der Waals surface area contributed by atoms with Crippen molar-refractivity contribution >= 4 is 21.9 Å². The van der Waals surface area contributed by atoms with E-state index in [-0.39, 0.29) is 0 Å². The molecule has 1 aromatic carbocycles. The highest BCUT2D eigenvalue weighted by atomic mass is 79.9. The van der Waals surface area contributed by atoms with Crippen molar-refractivity contribution in [2.75, 3.05) is 7.11 Å². The fraction of sp³-hybridized carbons (Fsp3) is 0.300. The lowest BCUT2D eigenvalue weighted by atomic mass is 10.1. The zero-order chi connectivity index (χ0) is 11.5. The van der Waals surface area contributed by atoms with Crippen LogP contribution in [0, 0.1) is 0 Å². The van der Waals surface area contributed by atoms with Crippen LogP contribution in [0.4, 0.5) is 8.78 Å². The van der Waals surface area contributed by atoms with Gasteiger partial charge in [-0.15, -0.1) is 0 Å². The molecule has 0 heterocycles. The van der Waals surface area contributed by atoms with Gasteiger partial charge in [-0.25, -0.2) is 4.79 Å². The van der Waals surface area contributed by atoms with Crippen molar-refractivity contribution < 1.29 is 18.3 Å². The van der Waals surface area contributed by atoms with Crippen LogP contribution in [-0.2, 0) is 16.0 Å². The predicted molar refractivity (Wildman–Crippen MR) is 54.8 cm³/mol. The molecular weight excluding hydrogens is 270 g/mol. The van der Waals surface area contributed by atoms with Crippen LogP contribution >= 0.6 is 15.9 Å². The van der Waals surface area contributed by atoms with Gasteiger partial charge in [0, 0.05) is 10.9 Å². The number of alkyl halides is 2. The summed E-state index contributed by atoms with van der Waals surface area (Å²) in [5, 5.41) is 0. The molecule has 0 spiro atoms. The van der Waals surface area contributed by atoms with Crippen molar-refractivity contribution in [3.05, 3.63) is 34.3 Å². The van der Waals surface area contributed by atoms with Gasteiger partial charge in [0.05, 0.1) is 7.11 Å². The number of methoxy groups -OCH3 is 1. The van der Waals surface area contributed by atoms with E-state index in [1.165, 1.54) is 6.07 Å². The van der Waals surface area contributed by atoms with Crippen LogP contribution in [0.1, 0.15) is 5.56 Å². The molecular formula is C10H9BrF2O2. The van der Waals surface area contributed by atoms with Crippen molar-refractivity contribution in [1.29, 1.82) is 0 Å². The monoisotopic (exact) mass is 278 g/mol. The lowest BCUT2D eigenvalue weighted by Crippen LogP contribution is -2.32. The number of ether oxygens (including phenoxy) is 1. The zero-order valence-electron chi connectivity index (χ0n) is 7.97. The number of esters is 1. The fourth-order valence-electron chi connectivity index (χ4n) is 1.10. The zero-order valence-corrected chi connectivity index (χ0v) is 9.55. The molecule has 2 nitrogen and oxygen atoms in total. The van der Waals surface area contributed by atoms with E-state index in [4.69, 9.17) is 0 Å². The molecule has 15 heavy (non-hydrogen) atoms. The second-order valence-corrected chi connectivity index (χ2v) is 3.82. The van der Waals surface area contributed by atoms with Gasteiger partial charge >= 0.3 is 11.9 Å². The van der Waals surface area contributed by atoms with E-state index in [2.05, 4.69) is 20.7 Å². The summed E-state index contributed by atoms with van der Waals surface area (Å²) < 4.78 is 30.9. The molecule has 0 radical (unpaired) electrons. The number of carbonyl (C=O) groups is 1. The normalized spacial score (nSPS) is 11.2. The van der Waals surface area contributed by atoms with Crippen LogP contribution in [0.3, 0.4) is 0 Å². The summed E-state index contributed by atoms with van der Waals surface area (Å²) in [5.41, 5.74) is 0.368. The molecule has 0 unspecified atom stereocenters. The van der Waals surface area contributed by atoms with Gasteiger partial charge in [-0.1, -0.05) is 34.1 Å². The van der Waals surface area contributed by atoms with Gasteiger partial charge in [0.15, 0.2) is 0 Å². The smallest absolute Gasteiger partial charge is 0.377 e. The van der Waals surface area contributed by atoms with Crippen LogP contribution in [-0.4, -0.2) is 19.0 Å². The fourth-order valence-corrected chi connectivity index (χ4v) is 1.53. The SMILES string of the molecule is COC(=O)C(F)(F)Cc1ccccc1Br. The summed E-state index contributed by atoms with van der Waals surface area (Å²) in [6.07, 6.45) is -0.666. The van der Waals surface area contributed by atoms with E-state index in [0.29, 0.717) is 10.0 Å². The summed E-state index contributed by atoms with van der Waals surface area (Å²) >= 11 is 3.13. The Hall–Kier alpha value is -0.970. The van der Waals surface area contributed by atoms with Crippen molar-refractivity contribution in [2.45, 2.75) is 12.3 Å². The summed E-state index contributed by atoms with van der Waals surface area (Å²) in [6.45, 7) is 0. The molecule has 0 fully saturated rings. The Balaban J connectivity index is 2.86. The van der Waals surface area contributed by atoms with Gasteiger partial charge in [-0.05, 0) is 11.6 Å². The average molecular weight is 279 g/mol. The Morgan fingerprint density at radius 3 is 2.60 bits per heavy atom. The third-order valence-electron chi connectivity index (χ3n) is 1.85. The molecule has 0 aliphatic rings. The molecule has 1 aromatic rings. The Labute approximate surface area is 94.4 Å². The number of hydrogen-bond acceptors (Lipinski definition) is 2. The van der Waals surface area contributed by atoms with Gasteiger partial charge in [0.2, 0.25) is 0 Å². The summed E-state index contributed by atoms with van der Waals surface area (Å²) in [4.78, 5) is 10.8. The highest BCUT2D eigenvalue weighted by molar-refractivity contribution is 9.10. The van der Waals surface area contributed by atoms with Crippen molar-refractivity contribution in [1.82, 2.24) is 0 Å². The lowest BCUT2D eigenvalue weighted by molar-refractivity contribution is -0.168. The van der Waals surface area contributed by atoms with Crippen LogP contribution in [0.25, 0.3) is 0 Å². The summed E-state index contributed by atoms with van der Waals surface area (Å²) in [6, 6.07) is 6.51. The molecule has 0 saturated carbocycles. The quantitative estimate of drug-likeness (QED) is 0.795. The summed E-state index contributed by atoms with van der Waals surface area (Å²) in [5.74, 6) is -5.00. The van der Waals surface area contributed by atoms with Crippen LogP contribution in [0.5, 0.6) is 0 Å². The predicted octanol–water partition coefficient (Wildman–Crippen LogP) is 2.80.